The molecule has 0 aromatic carbocycles. The summed E-state index contributed by atoms with van der Waals surface area (Å²) in [7, 11) is 1.93. The highest BCUT2D eigenvalue weighted by Gasteiger charge is 2.22. The first-order valence-electron chi connectivity index (χ1n) is 5.57. The first kappa shape index (κ1) is 11.5. The number of rotatable bonds is 3. The molecule has 1 aromatic heterocycles. The van der Waals surface area contributed by atoms with Gasteiger partial charge in [0, 0.05) is 30.6 Å². The molecule has 16 heavy (non-hydrogen) atoms. The predicted molar refractivity (Wildman–Crippen MR) is 68.6 cm³/mol. The maximum Gasteiger partial charge on any atom is 0.157 e. The molecular weight excluding hydrogens is 220 g/mol. The third kappa shape index (κ3) is 2.78. The summed E-state index contributed by atoms with van der Waals surface area (Å²) in [4.78, 5) is 4.50. The fraction of sp³-hybridized carbons (Fsp3) is 0.636. The molecular formula is C11H18N4S. The molecule has 1 aliphatic heterocycles. The zero-order chi connectivity index (χ0) is 11.5. The summed E-state index contributed by atoms with van der Waals surface area (Å²) in [6, 6.07) is 0. The van der Waals surface area contributed by atoms with Crippen molar-refractivity contribution >= 4 is 16.9 Å². The van der Waals surface area contributed by atoms with E-state index in [1.165, 1.54) is 5.56 Å². The van der Waals surface area contributed by atoms with Crippen LogP contribution in [0.25, 0.3) is 0 Å². The van der Waals surface area contributed by atoms with Crippen LogP contribution in [0, 0.1) is 5.92 Å². The first-order chi connectivity index (χ1) is 7.65. The van der Waals surface area contributed by atoms with E-state index in [0.717, 1.165) is 18.3 Å². The van der Waals surface area contributed by atoms with E-state index in [9.17, 15) is 0 Å². The second-order valence-electron chi connectivity index (χ2n) is 4.42. The third-order valence-corrected chi connectivity index (χ3v) is 4.12. The minimum atomic E-state index is 0.636. The van der Waals surface area contributed by atoms with Crippen molar-refractivity contribution in [1.82, 2.24) is 15.1 Å². The van der Waals surface area contributed by atoms with Crippen LogP contribution in [0.2, 0.25) is 0 Å². The Balaban J connectivity index is 1.80. The largest absolute Gasteiger partial charge is 0.361 e. The second kappa shape index (κ2) is 4.91. The zero-order valence-electron chi connectivity index (χ0n) is 9.97. The summed E-state index contributed by atoms with van der Waals surface area (Å²) < 4.78 is 1.82. The van der Waals surface area contributed by atoms with E-state index in [2.05, 4.69) is 29.3 Å². The van der Waals surface area contributed by atoms with E-state index >= 15 is 0 Å². The van der Waals surface area contributed by atoms with Crippen LogP contribution in [0.3, 0.4) is 0 Å². The average molecular weight is 238 g/mol. The van der Waals surface area contributed by atoms with Gasteiger partial charge in [0.25, 0.3) is 0 Å². The van der Waals surface area contributed by atoms with Gasteiger partial charge in [-0.05, 0) is 5.92 Å². The van der Waals surface area contributed by atoms with Crippen LogP contribution in [0.15, 0.2) is 17.4 Å². The van der Waals surface area contributed by atoms with Gasteiger partial charge in [-0.3, -0.25) is 9.67 Å². The highest BCUT2D eigenvalue weighted by atomic mass is 32.2. The Kier molecular flexibility index (Phi) is 3.53. The Morgan fingerprint density at radius 2 is 2.44 bits per heavy atom. The van der Waals surface area contributed by atoms with Crippen molar-refractivity contribution in [2.24, 2.45) is 18.0 Å². The summed E-state index contributed by atoms with van der Waals surface area (Å²) in [5.41, 5.74) is 1.19. The summed E-state index contributed by atoms with van der Waals surface area (Å²) in [5, 5.41) is 9.20. The quantitative estimate of drug-likeness (QED) is 0.870. The molecule has 1 atom stereocenters. The smallest absolute Gasteiger partial charge is 0.157 e. The SMILES string of the molecule is CC(C)C1CN=C(NCc2cnn(C)c2)S1. The number of thioether (sulfide) groups is 1. The van der Waals surface area contributed by atoms with Gasteiger partial charge >= 0.3 is 0 Å². The molecule has 1 N–H and O–H groups in total. The molecule has 88 valence electrons. The third-order valence-electron chi connectivity index (χ3n) is 2.62. The number of aromatic nitrogens is 2. The molecule has 0 aliphatic carbocycles. The zero-order valence-corrected chi connectivity index (χ0v) is 10.8. The Bertz CT molecular complexity index is 383. The van der Waals surface area contributed by atoms with Gasteiger partial charge in [0.1, 0.15) is 0 Å². The molecule has 1 unspecified atom stereocenters. The second-order valence-corrected chi connectivity index (χ2v) is 5.65. The number of aryl methyl sites for hydroxylation is 1. The molecule has 2 heterocycles. The summed E-state index contributed by atoms with van der Waals surface area (Å²) in [6.07, 6.45) is 3.90. The number of nitrogens with one attached hydrogen (secondary N) is 1. The van der Waals surface area contributed by atoms with Crippen LogP contribution in [0.5, 0.6) is 0 Å². The van der Waals surface area contributed by atoms with Crippen molar-refractivity contribution in [3.63, 3.8) is 0 Å². The first-order valence-corrected chi connectivity index (χ1v) is 6.45. The van der Waals surface area contributed by atoms with Crippen molar-refractivity contribution in [2.45, 2.75) is 25.6 Å². The van der Waals surface area contributed by atoms with Gasteiger partial charge < -0.3 is 5.32 Å². The maximum atomic E-state index is 4.50. The molecule has 4 nitrogen and oxygen atoms in total. The van der Waals surface area contributed by atoms with Crippen LogP contribution in [0.4, 0.5) is 0 Å². The highest BCUT2D eigenvalue weighted by Crippen LogP contribution is 2.25. The molecule has 0 fully saturated rings. The predicted octanol–water partition coefficient (Wildman–Crippen LogP) is 1.64. The van der Waals surface area contributed by atoms with Crippen LogP contribution in [-0.4, -0.2) is 26.7 Å². The number of hydrogen-bond acceptors (Lipinski definition) is 4. The average Bonchev–Trinajstić information content (AvgIpc) is 2.83. The fourth-order valence-electron chi connectivity index (χ4n) is 1.58. The number of amidine groups is 1. The van der Waals surface area contributed by atoms with E-state index < -0.39 is 0 Å². The van der Waals surface area contributed by atoms with Crippen molar-refractivity contribution in [3.05, 3.63) is 18.0 Å². The Hall–Kier alpha value is -0.970. The lowest BCUT2D eigenvalue weighted by Crippen LogP contribution is -2.19. The van der Waals surface area contributed by atoms with Gasteiger partial charge in [-0.25, -0.2) is 0 Å². The number of nitrogens with zero attached hydrogens (tertiary/aromatic N) is 3. The lowest BCUT2D eigenvalue weighted by molar-refractivity contribution is 0.621. The minimum absolute atomic E-state index is 0.636. The van der Waals surface area contributed by atoms with Crippen LogP contribution in [0.1, 0.15) is 19.4 Å². The molecule has 5 heteroatoms. The lowest BCUT2D eigenvalue weighted by Gasteiger charge is -2.11. The molecule has 1 aliphatic rings. The van der Waals surface area contributed by atoms with E-state index in [1.807, 2.05) is 35.9 Å². The monoisotopic (exact) mass is 238 g/mol. The molecule has 2 rings (SSSR count). The topological polar surface area (TPSA) is 42.2 Å². The van der Waals surface area contributed by atoms with E-state index in [0.29, 0.717) is 11.2 Å². The standard InChI is InChI=1S/C11H18N4S/c1-8(2)10-6-13-11(16-10)12-4-9-5-14-15(3)7-9/h5,7-8,10H,4,6H2,1-3H3,(H,12,13). The van der Waals surface area contributed by atoms with Gasteiger partial charge in [-0.15, -0.1) is 0 Å². The number of hydrogen-bond donors (Lipinski definition) is 1. The Morgan fingerprint density at radius 1 is 1.62 bits per heavy atom. The van der Waals surface area contributed by atoms with Gasteiger partial charge in [-0.1, -0.05) is 25.6 Å². The molecule has 0 saturated heterocycles. The van der Waals surface area contributed by atoms with Crippen LogP contribution in [-0.2, 0) is 13.6 Å². The Labute approximate surface area is 101 Å². The number of aliphatic imine (C=N–C) groups is 1. The lowest BCUT2D eigenvalue weighted by atomic mass is 10.1. The molecule has 0 bridgehead atoms. The summed E-state index contributed by atoms with van der Waals surface area (Å²) in [6.45, 7) is 6.25. The maximum absolute atomic E-state index is 4.50. The minimum Gasteiger partial charge on any atom is -0.361 e. The normalized spacial score (nSPS) is 20.2. The van der Waals surface area contributed by atoms with E-state index in [4.69, 9.17) is 0 Å². The summed E-state index contributed by atoms with van der Waals surface area (Å²) >= 11 is 1.86. The molecule has 0 amide bonds. The van der Waals surface area contributed by atoms with Gasteiger partial charge in [0.05, 0.1) is 12.7 Å². The van der Waals surface area contributed by atoms with Gasteiger partial charge in [-0.2, -0.15) is 5.10 Å². The highest BCUT2D eigenvalue weighted by molar-refractivity contribution is 8.14. The van der Waals surface area contributed by atoms with Crippen molar-refractivity contribution in [2.75, 3.05) is 6.54 Å². The van der Waals surface area contributed by atoms with Crippen molar-refractivity contribution in [1.29, 1.82) is 0 Å². The van der Waals surface area contributed by atoms with Crippen LogP contribution >= 0.6 is 11.8 Å². The summed E-state index contributed by atoms with van der Waals surface area (Å²) in [5.74, 6) is 0.687. The van der Waals surface area contributed by atoms with Crippen molar-refractivity contribution in [3.8, 4) is 0 Å². The van der Waals surface area contributed by atoms with Crippen LogP contribution < -0.4 is 5.32 Å². The van der Waals surface area contributed by atoms with Gasteiger partial charge in [0.2, 0.25) is 0 Å². The molecule has 0 saturated carbocycles. The van der Waals surface area contributed by atoms with E-state index in [1.54, 1.807) is 0 Å². The molecule has 0 spiro atoms. The van der Waals surface area contributed by atoms with E-state index in [-0.39, 0.29) is 0 Å². The Morgan fingerprint density at radius 3 is 3.00 bits per heavy atom. The molecule has 0 radical (unpaired) electrons. The molecule has 1 aromatic rings. The fourth-order valence-corrected chi connectivity index (χ4v) is 2.59. The van der Waals surface area contributed by atoms with Crippen molar-refractivity contribution < 1.29 is 0 Å². The van der Waals surface area contributed by atoms with Gasteiger partial charge in [0.15, 0.2) is 5.17 Å².